The van der Waals surface area contributed by atoms with Gasteiger partial charge in [0.05, 0.1) is 96.2 Å². The molecule has 0 radical (unpaired) electrons. The molecule has 8 aromatic carbocycles. The Bertz CT molecular complexity index is 3410. The first-order valence-corrected chi connectivity index (χ1v) is 22.0. The predicted octanol–water partition coefficient (Wildman–Crippen LogP) is 12.5. The van der Waals surface area contributed by atoms with Crippen LogP contribution < -0.4 is 40.2 Å². The number of anilines is 8. The average Bonchev–Trinajstić information content (AvgIpc) is 3.39. The molecule has 0 aliphatic carbocycles. The highest BCUT2D eigenvalue weighted by molar-refractivity contribution is 6.05. The molecule has 0 bridgehead atoms. The molecule has 0 saturated carbocycles. The Morgan fingerprint density at radius 2 is 0.639 bits per heavy atom. The van der Waals surface area contributed by atoms with Gasteiger partial charge in [0.15, 0.2) is 0 Å². The van der Waals surface area contributed by atoms with E-state index in [1.54, 1.807) is 115 Å². The first-order valence-electron chi connectivity index (χ1n) is 22.0. The summed E-state index contributed by atoms with van der Waals surface area (Å²) in [6.45, 7) is 0. The van der Waals surface area contributed by atoms with Crippen LogP contribution >= 0.6 is 0 Å². The number of benzene rings is 8. The minimum atomic E-state index is -1.26. The average molecular weight is 967 g/mol. The fourth-order valence-electron chi connectivity index (χ4n) is 8.16. The Hall–Kier alpha value is -9.96. The van der Waals surface area contributed by atoms with E-state index in [2.05, 4.69) is 21.3 Å². The molecule has 0 aliphatic heterocycles. The van der Waals surface area contributed by atoms with E-state index in [-0.39, 0.29) is 39.2 Å². The zero-order valence-electron chi connectivity index (χ0n) is 39.1. The Kier molecular flexibility index (Phi) is 14.2. The van der Waals surface area contributed by atoms with E-state index in [1.165, 1.54) is 46.6 Å². The van der Waals surface area contributed by atoms with Gasteiger partial charge in [-0.05, 0) is 124 Å². The molecular weight excluding hydrogens is 921 g/mol. The molecule has 0 aliphatic rings. The summed E-state index contributed by atoms with van der Waals surface area (Å²) in [4.78, 5) is 49.5. The van der Waals surface area contributed by atoms with Gasteiger partial charge in [0.1, 0.15) is 23.0 Å². The number of para-hydroxylation sites is 2. The van der Waals surface area contributed by atoms with Crippen LogP contribution in [0.3, 0.4) is 0 Å². The van der Waals surface area contributed by atoms with Crippen molar-refractivity contribution in [1.29, 1.82) is 0 Å². The molecule has 8 aromatic rings. The van der Waals surface area contributed by atoms with Gasteiger partial charge >= 0.3 is 23.9 Å². The van der Waals surface area contributed by atoms with Crippen LogP contribution in [0.15, 0.2) is 158 Å². The highest BCUT2D eigenvalue weighted by Crippen LogP contribution is 2.41. The van der Waals surface area contributed by atoms with Crippen molar-refractivity contribution in [3.05, 3.63) is 180 Å². The highest BCUT2D eigenvalue weighted by atomic mass is 16.5. The molecule has 0 unspecified atom stereocenters. The molecular formula is C56H46N4O12. The lowest BCUT2D eigenvalue weighted by Gasteiger charge is -2.18. The minimum absolute atomic E-state index is 0.104. The van der Waals surface area contributed by atoms with E-state index in [0.717, 1.165) is 22.3 Å². The number of aromatic carboxylic acids is 4. The van der Waals surface area contributed by atoms with Crippen LogP contribution in [-0.2, 0) is 0 Å². The monoisotopic (exact) mass is 966 g/mol. The van der Waals surface area contributed by atoms with E-state index in [9.17, 15) is 39.6 Å². The third-order valence-corrected chi connectivity index (χ3v) is 11.7. The van der Waals surface area contributed by atoms with Gasteiger partial charge in [0.2, 0.25) is 0 Å². The lowest BCUT2D eigenvalue weighted by Crippen LogP contribution is -2.07. The number of nitrogens with one attached hydrogen (secondary N) is 4. The Balaban J connectivity index is 1.04. The largest absolute Gasteiger partial charge is 0.495 e. The summed E-state index contributed by atoms with van der Waals surface area (Å²) in [6, 6.07) is 44.1. The molecule has 0 fully saturated rings. The van der Waals surface area contributed by atoms with Gasteiger partial charge in [0, 0.05) is 0 Å². The summed E-state index contributed by atoms with van der Waals surface area (Å²) in [7, 11) is 5.99. The fourth-order valence-corrected chi connectivity index (χ4v) is 8.16. The normalized spacial score (nSPS) is 10.7. The lowest BCUT2D eigenvalue weighted by atomic mass is 9.95. The van der Waals surface area contributed by atoms with Crippen molar-refractivity contribution in [1.82, 2.24) is 0 Å². The Labute approximate surface area is 412 Å². The van der Waals surface area contributed by atoms with Crippen molar-refractivity contribution in [2.75, 3.05) is 49.7 Å². The molecule has 0 saturated heterocycles. The van der Waals surface area contributed by atoms with Crippen LogP contribution in [0.2, 0.25) is 0 Å². The standard InChI is InChI=1S/C56H46N4O12/c1-69-48-27-31(16-22-43(48)57-40-13-7-5-10-37(40)53(61)62)33-18-24-45(50(29-33)71-3)59-42-21-20-35(26-39(42)55(65)66)36-12-9-15-47(52(36)56(67)68)60-46-25-19-34(30-51(46)72-4)32-17-23-44(49(28-32)70-2)58-41-14-8-6-11-38(41)54(63)64/h5-30,57-60H,1-4H3,(H,61,62)(H,63,64)(H,65,66)(H,67,68). The number of hydrogen-bond acceptors (Lipinski definition) is 12. The number of hydrogen-bond donors (Lipinski definition) is 8. The molecule has 8 rings (SSSR count). The molecule has 0 amide bonds. The second-order valence-electron chi connectivity index (χ2n) is 16.0. The first kappa shape index (κ1) is 48.5. The van der Waals surface area contributed by atoms with Crippen molar-refractivity contribution in [3.8, 4) is 56.4 Å². The SMILES string of the molecule is COc1cc(-c2ccc(Nc3ccc(-c4cccc(Nc5ccc(-c6ccc(Nc7ccccc7C(=O)O)c(OC)c6)cc5OC)c4C(=O)O)cc3C(=O)O)c(OC)c2)ccc1Nc1ccccc1C(=O)O. The predicted molar refractivity (Wildman–Crippen MR) is 276 cm³/mol. The Morgan fingerprint density at radius 1 is 0.319 bits per heavy atom. The number of methoxy groups -OCH3 is 4. The molecule has 362 valence electrons. The first-order chi connectivity index (χ1) is 34.8. The molecule has 16 heteroatoms. The lowest BCUT2D eigenvalue weighted by molar-refractivity contribution is 0.0687. The van der Waals surface area contributed by atoms with Gasteiger partial charge in [0.25, 0.3) is 0 Å². The zero-order chi connectivity index (χ0) is 51.1. The van der Waals surface area contributed by atoms with Gasteiger partial charge in [-0.15, -0.1) is 0 Å². The third-order valence-electron chi connectivity index (χ3n) is 11.7. The number of carboxylic acid groups (broad SMARTS) is 4. The maximum Gasteiger partial charge on any atom is 0.338 e. The van der Waals surface area contributed by atoms with Gasteiger partial charge < -0.3 is 60.6 Å². The van der Waals surface area contributed by atoms with Crippen molar-refractivity contribution < 1.29 is 58.6 Å². The topological polar surface area (TPSA) is 234 Å². The molecule has 0 heterocycles. The summed E-state index contributed by atoms with van der Waals surface area (Å²) in [5.74, 6) is -2.96. The molecule has 0 atom stereocenters. The highest BCUT2D eigenvalue weighted by Gasteiger charge is 2.22. The maximum atomic E-state index is 13.1. The molecule has 72 heavy (non-hydrogen) atoms. The van der Waals surface area contributed by atoms with Gasteiger partial charge in [-0.2, -0.15) is 0 Å². The Morgan fingerprint density at radius 3 is 1.00 bits per heavy atom. The van der Waals surface area contributed by atoms with E-state index in [1.807, 2.05) is 24.3 Å². The van der Waals surface area contributed by atoms with Crippen molar-refractivity contribution in [2.45, 2.75) is 0 Å². The fraction of sp³-hybridized carbons (Fsp3) is 0.0714. The quantitative estimate of drug-likeness (QED) is 0.0376. The van der Waals surface area contributed by atoms with Gasteiger partial charge in [-0.25, -0.2) is 19.2 Å². The van der Waals surface area contributed by atoms with Crippen molar-refractivity contribution in [3.63, 3.8) is 0 Å². The molecule has 0 aromatic heterocycles. The number of carboxylic acids is 4. The van der Waals surface area contributed by atoms with E-state index < -0.39 is 23.9 Å². The van der Waals surface area contributed by atoms with Crippen LogP contribution in [0.4, 0.5) is 45.5 Å². The minimum Gasteiger partial charge on any atom is -0.495 e. The van der Waals surface area contributed by atoms with Crippen LogP contribution in [0.5, 0.6) is 23.0 Å². The second-order valence-corrected chi connectivity index (χ2v) is 16.0. The number of ether oxygens (including phenoxy) is 4. The summed E-state index contributed by atoms with van der Waals surface area (Å²) in [5, 5.41) is 53.1. The summed E-state index contributed by atoms with van der Waals surface area (Å²) >= 11 is 0. The van der Waals surface area contributed by atoms with E-state index in [4.69, 9.17) is 18.9 Å². The van der Waals surface area contributed by atoms with Crippen LogP contribution in [0.1, 0.15) is 41.4 Å². The zero-order valence-corrected chi connectivity index (χ0v) is 39.1. The van der Waals surface area contributed by atoms with Crippen LogP contribution in [0.25, 0.3) is 33.4 Å². The van der Waals surface area contributed by atoms with Gasteiger partial charge in [-0.1, -0.05) is 66.7 Å². The number of carbonyl (C=O) groups is 4. The molecule has 8 N–H and O–H groups in total. The molecule has 0 spiro atoms. The maximum absolute atomic E-state index is 13.1. The van der Waals surface area contributed by atoms with E-state index in [0.29, 0.717) is 62.7 Å². The van der Waals surface area contributed by atoms with Crippen LogP contribution in [-0.4, -0.2) is 72.7 Å². The number of rotatable bonds is 19. The summed E-state index contributed by atoms with van der Waals surface area (Å²) in [6.07, 6.45) is 0. The van der Waals surface area contributed by atoms with Gasteiger partial charge in [-0.3, -0.25) is 0 Å². The summed E-state index contributed by atoms with van der Waals surface area (Å²) in [5.41, 5.74) is 6.81. The third kappa shape index (κ3) is 10.2. The van der Waals surface area contributed by atoms with Crippen LogP contribution in [0, 0.1) is 0 Å². The van der Waals surface area contributed by atoms with Crippen molar-refractivity contribution >= 4 is 69.4 Å². The van der Waals surface area contributed by atoms with Crippen molar-refractivity contribution in [2.24, 2.45) is 0 Å². The summed E-state index contributed by atoms with van der Waals surface area (Å²) < 4.78 is 22.8. The van der Waals surface area contributed by atoms with E-state index >= 15 is 0 Å². The smallest absolute Gasteiger partial charge is 0.338 e. The molecule has 16 nitrogen and oxygen atoms in total. The second kappa shape index (κ2) is 21.1.